The summed E-state index contributed by atoms with van der Waals surface area (Å²) in [6.07, 6.45) is 6.56. The van der Waals surface area contributed by atoms with Crippen molar-refractivity contribution in [1.82, 2.24) is 0 Å². The molecule has 32 heavy (non-hydrogen) atoms. The van der Waals surface area contributed by atoms with Crippen molar-refractivity contribution in [1.29, 1.82) is 0 Å². The van der Waals surface area contributed by atoms with Crippen molar-refractivity contribution in [3.63, 3.8) is 0 Å². The molecule has 1 fully saturated rings. The third-order valence-corrected chi connectivity index (χ3v) is 6.28. The smallest absolute Gasteiger partial charge is 0.341 e. The van der Waals surface area contributed by atoms with Crippen molar-refractivity contribution in [3.8, 4) is 5.75 Å². The lowest BCUT2D eigenvalue weighted by molar-refractivity contribution is -0.122. The Balaban J connectivity index is 1.88. The number of nitrogens with one attached hydrogen (secondary N) is 1. The summed E-state index contributed by atoms with van der Waals surface area (Å²) in [6, 6.07) is 12.7. The predicted octanol–water partition coefficient (Wildman–Crippen LogP) is 6.54. The Morgan fingerprint density at radius 3 is 2.41 bits per heavy atom. The topological polar surface area (TPSA) is 64.6 Å². The number of hydrogen-bond acceptors (Lipinski definition) is 4. The Bertz CT molecular complexity index is 920. The Hall–Kier alpha value is -2.53. The van der Waals surface area contributed by atoms with Gasteiger partial charge in [-0.05, 0) is 62.1 Å². The zero-order chi connectivity index (χ0) is 23.0. The Labute approximate surface area is 195 Å². The van der Waals surface area contributed by atoms with Gasteiger partial charge in [-0.15, -0.1) is 0 Å². The van der Waals surface area contributed by atoms with E-state index in [0.29, 0.717) is 28.6 Å². The standard InChI is InChI=1S/C26H32ClNO4/c1-3-5-17-32-23-14-13-21(18-22(23)24(29)31-4-2)28-25(30)26(15-7-6-8-16-26)19-9-11-20(27)12-10-19/h9-14,18H,3-8,15-17H2,1-2H3,(H,28,30). The van der Waals surface area contributed by atoms with Crippen LogP contribution in [0.1, 0.15) is 74.7 Å². The summed E-state index contributed by atoms with van der Waals surface area (Å²) in [4.78, 5) is 26.1. The van der Waals surface area contributed by atoms with E-state index in [2.05, 4.69) is 12.2 Å². The fourth-order valence-electron chi connectivity index (χ4n) is 4.25. The van der Waals surface area contributed by atoms with Gasteiger partial charge in [0.25, 0.3) is 0 Å². The highest BCUT2D eigenvalue weighted by atomic mass is 35.5. The molecule has 0 aliphatic heterocycles. The molecule has 0 atom stereocenters. The van der Waals surface area contributed by atoms with Gasteiger partial charge < -0.3 is 14.8 Å². The first kappa shape index (κ1) is 24.1. The van der Waals surface area contributed by atoms with Gasteiger partial charge in [-0.25, -0.2) is 4.79 Å². The average Bonchev–Trinajstić information content (AvgIpc) is 2.81. The monoisotopic (exact) mass is 457 g/mol. The lowest BCUT2D eigenvalue weighted by Gasteiger charge is -2.36. The number of rotatable bonds is 9. The van der Waals surface area contributed by atoms with Gasteiger partial charge >= 0.3 is 5.97 Å². The predicted molar refractivity (Wildman–Crippen MR) is 128 cm³/mol. The van der Waals surface area contributed by atoms with E-state index in [0.717, 1.165) is 50.5 Å². The zero-order valence-electron chi connectivity index (χ0n) is 18.9. The lowest BCUT2D eigenvalue weighted by Crippen LogP contribution is -2.42. The van der Waals surface area contributed by atoms with Crippen molar-refractivity contribution < 1.29 is 19.1 Å². The number of anilines is 1. The molecular formula is C26H32ClNO4. The number of hydrogen-bond donors (Lipinski definition) is 1. The maximum Gasteiger partial charge on any atom is 0.341 e. The highest BCUT2D eigenvalue weighted by molar-refractivity contribution is 6.30. The van der Waals surface area contributed by atoms with Gasteiger partial charge in [0.1, 0.15) is 11.3 Å². The van der Waals surface area contributed by atoms with Crippen molar-refractivity contribution in [2.45, 2.75) is 64.2 Å². The van der Waals surface area contributed by atoms with Crippen LogP contribution in [-0.4, -0.2) is 25.1 Å². The molecule has 0 unspecified atom stereocenters. The van der Waals surface area contributed by atoms with Crippen LogP contribution in [0, 0.1) is 0 Å². The summed E-state index contributed by atoms with van der Waals surface area (Å²) < 4.78 is 11.0. The molecule has 6 heteroatoms. The first-order valence-electron chi connectivity index (χ1n) is 11.5. The number of benzene rings is 2. The molecule has 5 nitrogen and oxygen atoms in total. The SMILES string of the molecule is CCCCOc1ccc(NC(=O)C2(c3ccc(Cl)cc3)CCCCC2)cc1C(=O)OCC. The summed E-state index contributed by atoms with van der Waals surface area (Å²) in [5.41, 5.74) is 1.25. The molecule has 0 radical (unpaired) electrons. The molecule has 0 heterocycles. The van der Waals surface area contributed by atoms with E-state index in [1.54, 1.807) is 25.1 Å². The fraction of sp³-hybridized carbons (Fsp3) is 0.462. The van der Waals surface area contributed by atoms with Crippen LogP contribution in [0.5, 0.6) is 5.75 Å². The fourth-order valence-corrected chi connectivity index (χ4v) is 4.38. The minimum absolute atomic E-state index is 0.0611. The van der Waals surface area contributed by atoms with Crippen LogP contribution in [0.25, 0.3) is 0 Å². The first-order chi connectivity index (χ1) is 15.5. The van der Waals surface area contributed by atoms with E-state index in [9.17, 15) is 9.59 Å². The number of esters is 1. The molecule has 2 aromatic rings. The number of carbonyl (C=O) groups excluding carboxylic acids is 2. The van der Waals surface area contributed by atoms with Crippen molar-refractivity contribution in [2.24, 2.45) is 0 Å². The van der Waals surface area contributed by atoms with Gasteiger partial charge in [0.05, 0.1) is 18.6 Å². The van der Waals surface area contributed by atoms with Crippen LogP contribution < -0.4 is 10.1 Å². The third-order valence-electron chi connectivity index (χ3n) is 6.03. The normalized spacial score (nSPS) is 15.1. The van der Waals surface area contributed by atoms with Crippen LogP contribution in [0.2, 0.25) is 5.02 Å². The zero-order valence-corrected chi connectivity index (χ0v) is 19.7. The molecule has 0 saturated heterocycles. The van der Waals surface area contributed by atoms with Gasteiger partial charge in [-0.1, -0.05) is 56.3 Å². The Morgan fingerprint density at radius 2 is 1.75 bits per heavy atom. The number of unbranched alkanes of at least 4 members (excludes halogenated alkanes) is 1. The minimum Gasteiger partial charge on any atom is -0.493 e. The summed E-state index contributed by atoms with van der Waals surface area (Å²) in [5.74, 6) is -0.0471. The second kappa shape index (κ2) is 11.4. The van der Waals surface area contributed by atoms with E-state index in [1.165, 1.54) is 0 Å². The largest absolute Gasteiger partial charge is 0.493 e. The highest BCUT2D eigenvalue weighted by Gasteiger charge is 2.41. The summed E-state index contributed by atoms with van der Waals surface area (Å²) >= 11 is 6.08. The molecule has 1 N–H and O–H groups in total. The molecule has 1 amide bonds. The van der Waals surface area contributed by atoms with Gasteiger partial charge in [-0.3, -0.25) is 4.79 Å². The van der Waals surface area contributed by atoms with Crippen molar-refractivity contribution in [2.75, 3.05) is 18.5 Å². The number of halogens is 1. The number of ether oxygens (including phenoxy) is 2. The quantitative estimate of drug-likeness (QED) is 0.343. The molecular weight excluding hydrogens is 426 g/mol. The van der Waals surface area contributed by atoms with E-state index < -0.39 is 11.4 Å². The molecule has 0 aromatic heterocycles. The van der Waals surface area contributed by atoms with Gasteiger partial charge in [0.2, 0.25) is 5.91 Å². The van der Waals surface area contributed by atoms with Gasteiger partial charge in [-0.2, -0.15) is 0 Å². The van der Waals surface area contributed by atoms with Crippen LogP contribution >= 0.6 is 11.6 Å². The van der Waals surface area contributed by atoms with Gasteiger partial charge in [0.15, 0.2) is 0 Å². The van der Waals surface area contributed by atoms with Crippen molar-refractivity contribution in [3.05, 3.63) is 58.6 Å². The maximum atomic E-state index is 13.6. The second-order valence-electron chi connectivity index (χ2n) is 8.24. The van der Waals surface area contributed by atoms with Crippen molar-refractivity contribution >= 4 is 29.2 Å². The van der Waals surface area contributed by atoms with E-state index in [1.807, 2.05) is 24.3 Å². The average molecular weight is 458 g/mol. The third kappa shape index (κ3) is 5.63. The maximum absolute atomic E-state index is 13.6. The molecule has 1 saturated carbocycles. The molecule has 1 aliphatic rings. The first-order valence-corrected chi connectivity index (χ1v) is 11.9. The molecule has 172 valence electrons. The van der Waals surface area contributed by atoms with E-state index in [-0.39, 0.29) is 12.5 Å². The van der Waals surface area contributed by atoms with Crippen LogP contribution in [0.15, 0.2) is 42.5 Å². The number of amides is 1. The highest BCUT2D eigenvalue weighted by Crippen LogP contribution is 2.41. The molecule has 0 bridgehead atoms. The second-order valence-corrected chi connectivity index (χ2v) is 8.67. The minimum atomic E-state index is -0.608. The lowest BCUT2D eigenvalue weighted by atomic mass is 9.68. The van der Waals surface area contributed by atoms with Gasteiger partial charge in [0, 0.05) is 10.7 Å². The molecule has 2 aromatic carbocycles. The Kier molecular flexibility index (Phi) is 8.57. The Morgan fingerprint density at radius 1 is 1.03 bits per heavy atom. The summed E-state index contributed by atoms with van der Waals surface area (Å²) in [7, 11) is 0. The van der Waals surface area contributed by atoms with Crippen LogP contribution in [0.4, 0.5) is 5.69 Å². The molecule has 0 spiro atoms. The van der Waals surface area contributed by atoms with Crippen LogP contribution in [-0.2, 0) is 14.9 Å². The van der Waals surface area contributed by atoms with E-state index in [4.69, 9.17) is 21.1 Å². The molecule has 1 aliphatic carbocycles. The summed E-state index contributed by atoms with van der Waals surface area (Å²) in [6.45, 7) is 4.63. The van der Waals surface area contributed by atoms with E-state index >= 15 is 0 Å². The summed E-state index contributed by atoms with van der Waals surface area (Å²) in [5, 5.41) is 3.71. The van der Waals surface area contributed by atoms with Crippen LogP contribution in [0.3, 0.4) is 0 Å². The molecule has 3 rings (SSSR count). The number of carbonyl (C=O) groups is 2.